The summed E-state index contributed by atoms with van der Waals surface area (Å²) in [5.74, 6) is 0.627. The van der Waals surface area contributed by atoms with Gasteiger partial charge in [0.2, 0.25) is 0 Å². The Bertz CT molecular complexity index is 337. The van der Waals surface area contributed by atoms with E-state index in [0.29, 0.717) is 5.92 Å². The first-order chi connectivity index (χ1) is 7.10. The zero-order valence-corrected chi connectivity index (χ0v) is 12.2. The molecule has 0 bridgehead atoms. The highest BCUT2D eigenvalue weighted by Crippen LogP contribution is 2.18. The molecule has 0 heterocycles. The van der Waals surface area contributed by atoms with Crippen LogP contribution in [-0.4, -0.2) is 18.9 Å². The van der Waals surface area contributed by atoms with Crippen molar-refractivity contribution in [2.45, 2.75) is 65.6 Å². The van der Waals surface area contributed by atoms with Crippen LogP contribution in [-0.2, 0) is 10.0 Å². The van der Waals surface area contributed by atoms with Crippen LogP contribution in [0.5, 0.6) is 0 Å². The van der Waals surface area contributed by atoms with E-state index in [2.05, 4.69) is 18.2 Å². The van der Waals surface area contributed by atoms with Gasteiger partial charge in [-0.2, -0.15) is 4.40 Å². The Morgan fingerprint density at radius 3 is 2.19 bits per heavy atom. The van der Waals surface area contributed by atoms with Crippen molar-refractivity contribution >= 4 is 15.7 Å². The average Bonchev–Trinajstić information content (AvgIpc) is 2.11. The van der Waals surface area contributed by atoms with Crippen LogP contribution in [0.4, 0.5) is 0 Å². The van der Waals surface area contributed by atoms with Crippen LogP contribution < -0.4 is 0 Å². The largest absolute Gasteiger partial charge is 0.257 e. The molecule has 0 radical (unpaired) electrons. The minimum Gasteiger partial charge on any atom is -0.204 e. The van der Waals surface area contributed by atoms with Gasteiger partial charge in [-0.25, -0.2) is 8.42 Å². The lowest BCUT2D eigenvalue weighted by Gasteiger charge is -2.16. The molecule has 0 saturated carbocycles. The van der Waals surface area contributed by atoms with Gasteiger partial charge in [-0.3, -0.25) is 0 Å². The Kier molecular flexibility index (Phi) is 5.66. The summed E-state index contributed by atoms with van der Waals surface area (Å²) in [5, 5.41) is 0. The Labute approximate surface area is 100 Å². The summed E-state index contributed by atoms with van der Waals surface area (Å²) >= 11 is 0. The first-order valence-electron chi connectivity index (χ1n) is 5.90. The van der Waals surface area contributed by atoms with E-state index in [1.165, 1.54) is 0 Å². The van der Waals surface area contributed by atoms with Crippen molar-refractivity contribution < 1.29 is 8.42 Å². The van der Waals surface area contributed by atoms with E-state index in [4.69, 9.17) is 0 Å². The molecule has 0 aromatic carbocycles. The van der Waals surface area contributed by atoms with Crippen LogP contribution in [0.15, 0.2) is 4.40 Å². The normalized spacial score (nSPS) is 16.2. The third-order valence-electron chi connectivity index (χ3n) is 2.75. The second-order valence-corrected chi connectivity index (χ2v) is 7.82. The average molecular weight is 247 g/mol. The number of nitrogens with zero attached hydrogens (tertiary/aromatic N) is 1. The minimum atomic E-state index is -3.36. The van der Waals surface area contributed by atoms with Crippen LogP contribution in [0.3, 0.4) is 0 Å². The van der Waals surface area contributed by atoms with Gasteiger partial charge in [0, 0.05) is 5.71 Å². The van der Waals surface area contributed by atoms with Gasteiger partial charge >= 0.3 is 0 Å². The Hall–Kier alpha value is -0.380. The van der Waals surface area contributed by atoms with Gasteiger partial charge in [0.15, 0.2) is 0 Å². The SMILES string of the molecule is CC[C@@H](C)CC/C(C)=N/S(=O)(=O)C(C)(C)C. The molecular weight excluding hydrogens is 222 g/mol. The summed E-state index contributed by atoms with van der Waals surface area (Å²) in [6, 6.07) is 0. The third kappa shape index (κ3) is 5.10. The fourth-order valence-corrected chi connectivity index (χ4v) is 1.82. The van der Waals surface area contributed by atoms with Crippen LogP contribution in [0, 0.1) is 5.92 Å². The molecule has 0 aliphatic rings. The fraction of sp³-hybridized carbons (Fsp3) is 0.917. The summed E-state index contributed by atoms with van der Waals surface area (Å²) in [7, 11) is -3.36. The van der Waals surface area contributed by atoms with Crippen molar-refractivity contribution in [2.24, 2.45) is 10.3 Å². The molecule has 4 heteroatoms. The molecule has 0 aliphatic carbocycles. The highest BCUT2D eigenvalue weighted by molar-refractivity contribution is 7.91. The molecule has 0 N–H and O–H groups in total. The second-order valence-electron chi connectivity index (χ2n) is 5.47. The molecule has 0 amide bonds. The number of sulfonamides is 1. The third-order valence-corrected chi connectivity index (χ3v) is 4.85. The van der Waals surface area contributed by atoms with E-state index in [1.54, 1.807) is 27.7 Å². The van der Waals surface area contributed by atoms with E-state index < -0.39 is 14.8 Å². The van der Waals surface area contributed by atoms with Crippen molar-refractivity contribution in [1.82, 2.24) is 0 Å². The van der Waals surface area contributed by atoms with Crippen LogP contribution >= 0.6 is 0 Å². The first-order valence-corrected chi connectivity index (χ1v) is 7.34. The van der Waals surface area contributed by atoms with Crippen LogP contribution in [0.2, 0.25) is 0 Å². The predicted molar refractivity (Wildman–Crippen MR) is 70.5 cm³/mol. The lowest BCUT2D eigenvalue weighted by atomic mass is 10.0. The van der Waals surface area contributed by atoms with E-state index >= 15 is 0 Å². The van der Waals surface area contributed by atoms with E-state index in [-0.39, 0.29) is 0 Å². The maximum Gasteiger partial charge on any atom is 0.257 e. The van der Waals surface area contributed by atoms with Gasteiger partial charge < -0.3 is 0 Å². The molecule has 0 spiro atoms. The molecule has 1 atom stereocenters. The van der Waals surface area contributed by atoms with Gasteiger partial charge in [0.05, 0.1) is 4.75 Å². The van der Waals surface area contributed by atoms with Crippen molar-refractivity contribution in [3.05, 3.63) is 0 Å². The molecular formula is C12H25NO2S. The van der Waals surface area contributed by atoms with Gasteiger partial charge in [-0.1, -0.05) is 20.3 Å². The Morgan fingerprint density at radius 1 is 1.31 bits per heavy atom. The van der Waals surface area contributed by atoms with Gasteiger partial charge in [0.1, 0.15) is 0 Å². The van der Waals surface area contributed by atoms with Crippen molar-refractivity contribution in [3.8, 4) is 0 Å². The number of hydrogen-bond acceptors (Lipinski definition) is 2. The van der Waals surface area contributed by atoms with Crippen molar-refractivity contribution in [2.75, 3.05) is 0 Å². The fourth-order valence-electron chi connectivity index (χ4n) is 1.05. The standard InChI is InChI=1S/C12H25NO2S/c1-7-10(2)8-9-11(3)13-16(14,15)12(4,5)6/h10H,7-9H2,1-6H3/b13-11+/t10-/m1/s1. The molecule has 3 nitrogen and oxygen atoms in total. The van der Waals surface area contributed by atoms with Crippen molar-refractivity contribution in [1.29, 1.82) is 0 Å². The molecule has 0 rings (SSSR count). The van der Waals surface area contributed by atoms with Crippen molar-refractivity contribution in [3.63, 3.8) is 0 Å². The monoisotopic (exact) mass is 247 g/mol. The highest BCUT2D eigenvalue weighted by atomic mass is 32.2. The maximum absolute atomic E-state index is 11.8. The molecule has 0 saturated heterocycles. The predicted octanol–water partition coefficient (Wildman–Crippen LogP) is 3.40. The lowest BCUT2D eigenvalue weighted by Crippen LogP contribution is -2.26. The molecule has 0 unspecified atom stereocenters. The van der Waals surface area contributed by atoms with Crippen LogP contribution in [0.25, 0.3) is 0 Å². The van der Waals surface area contributed by atoms with Gasteiger partial charge in [-0.05, 0) is 46.5 Å². The number of hydrogen-bond donors (Lipinski definition) is 0. The van der Waals surface area contributed by atoms with Gasteiger partial charge in [0.25, 0.3) is 10.0 Å². The molecule has 96 valence electrons. The quantitative estimate of drug-likeness (QED) is 0.699. The topological polar surface area (TPSA) is 46.5 Å². The summed E-state index contributed by atoms with van der Waals surface area (Å²) in [5.41, 5.74) is 0.718. The van der Waals surface area contributed by atoms with Crippen LogP contribution in [0.1, 0.15) is 60.8 Å². The van der Waals surface area contributed by atoms with E-state index in [0.717, 1.165) is 25.0 Å². The summed E-state index contributed by atoms with van der Waals surface area (Å²) in [6.45, 7) is 11.1. The Morgan fingerprint density at radius 2 is 1.81 bits per heavy atom. The second kappa shape index (κ2) is 5.80. The minimum absolute atomic E-state index is 0.627. The molecule has 0 aromatic heterocycles. The summed E-state index contributed by atoms with van der Waals surface area (Å²) in [6.07, 6.45) is 2.90. The molecule has 0 fully saturated rings. The lowest BCUT2D eigenvalue weighted by molar-refractivity contribution is 0.527. The highest BCUT2D eigenvalue weighted by Gasteiger charge is 2.28. The first kappa shape index (κ1) is 15.6. The Balaban J connectivity index is 4.56. The maximum atomic E-state index is 11.8. The van der Waals surface area contributed by atoms with E-state index in [9.17, 15) is 8.42 Å². The summed E-state index contributed by atoms with van der Waals surface area (Å²) in [4.78, 5) is 0. The number of rotatable bonds is 5. The van der Waals surface area contributed by atoms with E-state index in [1.807, 2.05) is 0 Å². The molecule has 0 aromatic rings. The molecule has 0 aliphatic heterocycles. The zero-order valence-electron chi connectivity index (χ0n) is 11.4. The summed E-state index contributed by atoms with van der Waals surface area (Å²) < 4.78 is 26.7. The van der Waals surface area contributed by atoms with Gasteiger partial charge in [-0.15, -0.1) is 0 Å². The smallest absolute Gasteiger partial charge is 0.204 e. The molecule has 16 heavy (non-hydrogen) atoms. The zero-order chi connectivity index (χ0) is 13.0.